The lowest BCUT2D eigenvalue weighted by atomic mass is 10.1. The predicted octanol–water partition coefficient (Wildman–Crippen LogP) is 2.94. The number of rotatable bonds is 3. The summed E-state index contributed by atoms with van der Waals surface area (Å²) in [5.41, 5.74) is 2.99. The Morgan fingerprint density at radius 3 is 2.54 bits per heavy atom. The summed E-state index contributed by atoms with van der Waals surface area (Å²) >= 11 is 0. The maximum absolute atomic E-state index is 13.9. The van der Waals surface area contributed by atoms with Crippen LogP contribution in [0.3, 0.4) is 0 Å². The van der Waals surface area contributed by atoms with Crippen LogP contribution in [0.1, 0.15) is 16.7 Å². The van der Waals surface area contributed by atoms with E-state index in [1.165, 1.54) is 11.1 Å². The second kappa shape index (κ2) is 6.01. The van der Waals surface area contributed by atoms with E-state index in [1.54, 1.807) is 24.3 Å². The maximum Gasteiger partial charge on any atom is 0.263 e. The van der Waals surface area contributed by atoms with Crippen LogP contribution in [0.4, 0.5) is 10.1 Å². The van der Waals surface area contributed by atoms with Gasteiger partial charge in [0.15, 0.2) is 12.1 Å². The van der Waals surface area contributed by atoms with Crippen LogP contribution >= 0.6 is 0 Å². The monoisotopic (exact) mass is 352 g/mol. The highest BCUT2D eigenvalue weighted by Gasteiger charge is 2.54. The molecule has 6 nitrogen and oxygen atoms in total. The molecule has 1 fully saturated rings. The lowest BCUT2D eigenvalue weighted by Crippen LogP contribution is -2.39. The molecule has 132 valence electrons. The Hall–Kier alpha value is -3.09. The third-order valence-corrected chi connectivity index (χ3v) is 4.90. The van der Waals surface area contributed by atoms with Gasteiger partial charge in [0.2, 0.25) is 0 Å². The molecule has 2 atom stereocenters. The average Bonchev–Trinajstić information content (AvgIpc) is 3.13. The van der Waals surface area contributed by atoms with Crippen molar-refractivity contribution in [2.45, 2.75) is 32.5 Å². The largest absolute Gasteiger partial charge is 0.271 e. The smallest absolute Gasteiger partial charge is 0.263 e. The summed E-state index contributed by atoms with van der Waals surface area (Å²) in [6, 6.07) is 10.0. The predicted molar refractivity (Wildman–Crippen MR) is 92.8 cm³/mol. The van der Waals surface area contributed by atoms with E-state index in [4.69, 9.17) is 0 Å². The maximum atomic E-state index is 13.9. The quantitative estimate of drug-likeness (QED) is 0.798. The Bertz CT molecular complexity index is 943. The fourth-order valence-corrected chi connectivity index (χ4v) is 3.27. The van der Waals surface area contributed by atoms with Crippen molar-refractivity contribution in [3.05, 3.63) is 65.0 Å². The highest BCUT2D eigenvalue weighted by Crippen LogP contribution is 2.33. The number of hydrogen-bond donors (Lipinski definition) is 0. The number of carbonyl (C=O) groups is 2. The molecule has 0 radical (unpaired) electrons. The average molecular weight is 352 g/mol. The minimum atomic E-state index is -0.879. The van der Waals surface area contributed by atoms with Crippen LogP contribution in [0.15, 0.2) is 52.8 Å². The zero-order chi connectivity index (χ0) is 18.4. The molecule has 7 heteroatoms. The third kappa shape index (κ3) is 2.47. The van der Waals surface area contributed by atoms with E-state index in [0.29, 0.717) is 11.3 Å². The highest BCUT2D eigenvalue weighted by molar-refractivity contribution is 6.25. The molecular formula is C19H17FN4O2. The van der Waals surface area contributed by atoms with Crippen LogP contribution in [0.2, 0.25) is 0 Å². The zero-order valence-electron chi connectivity index (χ0n) is 14.4. The summed E-state index contributed by atoms with van der Waals surface area (Å²) in [4.78, 5) is 26.8. The molecule has 0 N–H and O–H groups in total. The van der Waals surface area contributed by atoms with Crippen molar-refractivity contribution in [3.63, 3.8) is 0 Å². The van der Waals surface area contributed by atoms with Crippen molar-refractivity contribution >= 4 is 17.5 Å². The number of nitrogens with zero attached hydrogens (tertiary/aromatic N) is 4. The fourth-order valence-electron chi connectivity index (χ4n) is 3.27. The fraction of sp³-hybridized carbons (Fsp3) is 0.263. The second-order valence-corrected chi connectivity index (χ2v) is 6.56. The molecule has 0 aliphatic carbocycles. The molecule has 2 aromatic rings. The molecule has 2 aliphatic rings. The Morgan fingerprint density at radius 1 is 1.04 bits per heavy atom. The van der Waals surface area contributed by atoms with E-state index in [1.807, 2.05) is 26.0 Å². The Balaban J connectivity index is 1.63. The Labute approximate surface area is 149 Å². The molecule has 0 bridgehead atoms. The number of hydrogen-bond acceptors (Lipinski definition) is 5. The minimum absolute atomic E-state index is 0.0805. The van der Waals surface area contributed by atoms with Gasteiger partial charge in [0, 0.05) is 5.56 Å². The number of anilines is 1. The first kappa shape index (κ1) is 16.4. The first-order chi connectivity index (χ1) is 12.5. The molecule has 0 saturated carbocycles. The number of fused-ring (bicyclic) bond motifs is 1. The van der Waals surface area contributed by atoms with Crippen LogP contribution in [-0.4, -0.2) is 28.9 Å². The lowest BCUT2D eigenvalue weighted by molar-refractivity contribution is -0.123. The summed E-state index contributed by atoms with van der Waals surface area (Å²) in [5, 5.41) is 9.30. The summed E-state index contributed by atoms with van der Waals surface area (Å²) < 4.78 is 13.9. The van der Waals surface area contributed by atoms with Gasteiger partial charge in [-0.1, -0.05) is 29.5 Å². The molecule has 1 saturated heterocycles. The molecule has 0 spiro atoms. The van der Waals surface area contributed by atoms with Gasteiger partial charge >= 0.3 is 0 Å². The first-order valence-electron chi connectivity index (χ1n) is 8.33. The lowest BCUT2D eigenvalue weighted by Gasteiger charge is -2.21. The Kier molecular flexibility index (Phi) is 3.79. The van der Waals surface area contributed by atoms with Gasteiger partial charge < -0.3 is 0 Å². The van der Waals surface area contributed by atoms with E-state index in [2.05, 4.69) is 10.3 Å². The van der Waals surface area contributed by atoms with E-state index < -0.39 is 18.0 Å². The number of imide groups is 1. The van der Waals surface area contributed by atoms with Crippen molar-refractivity contribution in [2.75, 3.05) is 4.90 Å². The summed E-state index contributed by atoms with van der Waals surface area (Å²) in [5.74, 6) is -1.17. The molecular weight excluding hydrogens is 335 g/mol. The highest BCUT2D eigenvalue weighted by atomic mass is 19.1. The third-order valence-electron chi connectivity index (χ3n) is 4.90. The summed E-state index contributed by atoms with van der Waals surface area (Å²) in [7, 11) is 0. The molecule has 2 aliphatic heterocycles. The van der Waals surface area contributed by atoms with Gasteiger partial charge in [-0.3, -0.25) is 14.6 Å². The van der Waals surface area contributed by atoms with Crippen molar-refractivity contribution in [2.24, 2.45) is 10.3 Å². The van der Waals surface area contributed by atoms with Gasteiger partial charge in [-0.15, -0.1) is 0 Å². The zero-order valence-corrected chi connectivity index (χ0v) is 14.4. The van der Waals surface area contributed by atoms with E-state index in [-0.39, 0.29) is 18.3 Å². The SMILES string of the molecule is Cc1ccc(N2C(=O)[C@H]3N=NN(Cc4ccccc4F)[C@H]3C2=O)cc1C. The summed E-state index contributed by atoms with van der Waals surface area (Å²) in [6.45, 7) is 3.97. The van der Waals surface area contributed by atoms with Crippen LogP contribution in [0.25, 0.3) is 0 Å². The summed E-state index contributed by atoms with van der Waals surface area (Å²) in [6.07, 6.45) is 0. The van der Waals surface area contributed by atoms with E-state index >= 15 is 0 Å². The van der Waals surface area contributed by atoms with Crippen molar-refractivity contribution in [1.82, 2.24) is 5.01 Å². The van der Waals surface area contributed by atoms with Gasteiger partial charge in [0.1, 0.15) is 5.82 Å². The van der Waals surface area contributed by atoms with Gasteiger partial charge in [0.25, 0.3) is 11.8 Å². The molecule has 0 aromatic heterocycles. The van der Waals surface area contributed by atoms with Crippen LogP contribution in [0.5, 0.6) is 0 Å². The van der Waals surface area contributed by atoms with Crippen LogP contribution in [0, 0.1) is 19.7 Å². The molecule has 4 rings (SSSR count). The molecule has 0 unspecified atom stereocenters. The van der Waals surface area contributed by atoms with Gasteiger partial charge in [-0.2, -0.15) is 5.11 Å². The Morgan fingerprint density at radius 2 is 1.81 bits per heavy atom. The number of aryl methyl sites for hydroxylation is 2. The van der Waals surface area contributed by atoms with Crippen LogP contribution < -0.4 is 4.90 Å². The first-order valence-corrected chi connectivity index (χ1v) is 8.33. The van der Waals surface area contributed by atoms with E-state index in [0.717, 1.165) is 16.0 Å². The molecule has 26 heavy (non-hydrogen) atoms. The topological polar surface area (TPSA) is 65.3 Å². The van der Waals surface area contributed by atoms with Gasteiger partial charge in [-0.05, 0) is 43.2 Å². The van der Waals surface area contributed by atoms with Gasteiger partial charge in [-0.25, -0.2) is 9.29 Å². The molecule has 2 aromatic carbocycles. The van der Waals surface area contributed by atoms with E-state index in [9.17, 15) is 14.0 Å². The number of benzene rings is 2. The normalized spacial score (nSPS) is 21.7. The number of carbonyl (C=O) groups excluding carboxylic acids is 2. The standard InChI is InChI=1S/C19H17FN4O2/c1-11-7-8-14(9-12(11)2)24-18(25)16-17(19(24)26)23(22-21-16)10-13-5-3-4-6-15(13)20/h3-9,16-17H,10H2,1-2H3/t16-,17+/m0/s1. The van der Waals surface area contributed by atoms with Crippen molar-refractivity contribution in [3.8, 4) is 0 Å². The minimum Gasteiger partial charge on any atom is -0.271 e. The second-order valence-electron chi connectivity index (χ2n) is 6.56. The molecule has 2 amide bonds. The number of amides is 2. The van der Waals surface area contributed by atoms with Crippen molar-refractivity contribution in [1.29, 1.82) is 0 Å². The van der Waals surface area contributed by atoms with Gasteiger partial charge in [0.05, 0.1) is 12.2 Å². The number of halogens is 1. The molecule has 2 heterocycles. The van der Waals surface area contributed by atoms with Crippen molar-refractivity contribution < 1.29 is 14.0 Å². The van der Waals surface area contributed by atoms with Crippen LogP contribution in [-0.2, 0) is 16.1 Å².